The van der Waals surface area contributed by atoms with Gasteiger partial charge in [0.1, 0.15) is 0 Å². The molecule has 0 radical (unpaired) electrons. The van der Waals surface area contributed by atoms with Crippen LogP contribution in [0, 0.1) is 0 Å². The average Bonchev–Trinajstić information content (AvgIpc) is 2.65. The number of allylic oxidation sites excluding steroid dienone is 1. The van der Waals surface area contributed by atoms with Crippen LogP contribution >= 0.6 is 0 Å². The van der Waals surface area contributed by atoms with E-state index in [4.69, 9.17) is 4.74 Å². The van der Waals surface area contributed by atoms with Crippen molar-refractivity contribution < 1.29 is 9.53 Å². The van der Waals surface area contributed by atoms with Gasteiger partial charge in [-0.3, -0.25) is 4.79 Å². The predicted octanol–water partition coefficient (Wildman–Crippen LogP) is 3.53. The Balaban J connectivity index is 2.27. The van der Waals surface area contributed by atoms with Crippen LogP contribution in [0.2, 0.25) is 0 Å². The number of hydrogen-bond donors (Lipinski definition) is 0. The maximum absolute atomic E-state index is 11.7. The van der Waals surface area contributed by atoms with Gasteiger partial charge in [0, 0.05) is 0 Å². The van der Waals surface area contributed by atoms with Gasteiger partial charge < -0.3 is 4.74 Å². The summed E-state index contributed by atoms with van der Waals surface area (Å²) < 4.78 is 5.05. The first-order valence-electron chi connectivity index (χ1n) is 6.62. The molecule has 1 aromatic rings. The molecule has 1 aromatic carbocycles. The van der Waals surface area contributed by atoms with Crippen LogP contribution in [-0.2, 0) is 22.4 Å². The molecule has 0 atom stereocenters. The second-order valence-corrected chi connectivity index (χ2v) is 4.76. The lowest BCUT2D eigenvalue weighted by Crippen LogP contribution is -2.04. The van der Waals surface area contributed by atoms with Gasteiger partial charge in [-0.2, -0.15) is 0 Å². The molecule has 18 heavy (non-hydrogen) atoms. The third kappa shape index (κ3) is 2.47. The number of carbonyl (C=O) groups excluding carboxylic acids is 1. The molecular weight excluding hydrogens is 224 g/mol. The third-order valence-electron chi connectivity index (χ3n) is 3.50. The molecule has 0 saturated heterocycles. The Hall–Kier alpha value is -1.57. The summed E-state index contributed by atoms with van der Waals surface area (Å²) in [6.45, 7) is 6.56. The van der Waals surface area contributed by atoms with Gasteiger partial charge in [0.15, 0.2) is 0 Å². The number of rotatable bonds is 4. The molecular formula is C16H20O2. The highest BCUT2D eigenvalue weighted by Gasteiger charge is 2.21. The van der Waals surface area contributed by atoms with E-state index in [1.54, 1.807) is 0 Å². The molecule has 0 N–H and O–H groups in total. The molecule has 0 aliphatic heterocycles. The average molecular weight is 244 g/mol. The number of ether oxygens (including phenoxy) is 1. The number of esters is 1. The number of benzene rings is 1. The smallest absolute Gasteiger partial charge is 0.310 e. The van der Waals surface area contributed by atoms with Crippen molar-refractivity contribution in [2.24, 2.45) is 0 Å². The van der Waals surface area contributed by atoms with Gasteiger partial charge in [-0.1, -0.05) is 30.7 Å². The van der Waals surface area contributed by atoms with E-state index in [1.165, 1.54) is 27.8 Å². The minimum Gasteiger partial charge on any atom is -0.466 e. The van der Waals surface area contributed by atoms with Crippen molar-refractivity contribution in [2.45, 2.75) is 40.0 Å². The monoisotopic (exact) mass is 244 g/mol. The summed E-state index contributed by atoms with van der Waals surface area (Å²) in [4.78, 5) is 11.7. The molecule has 0 heterocycles. The van der Waals surface area contributed by atoms with E-state index in [9.17, 15) is 4.79 Å². The predicted molar refractivity (Wildman–Crippen MR) is 73.4 cm³/mol. The highest BCUT2D eigenvalue weighted by molar-refractivity contribution is 5.89. The lowest BCUT2D eigenvalue weighted by molar-refractivity contribution is -0.141. The van der Waals surface area contributed by atoms with Gasteiger partial charge in [-0.15, -0.1) is 0 Å². The minimum absolute atomic E-state index is 0.124. The van der Waals surface area contributed by atoms with Crippen LogP contribution in [0.4, 0.5) is 0 Å². The molecule has 1 aliphatic carbocycles. The zero-order valence-electron chi connectivity index (χ0n) is 11.4. The first kappa shape index (κ1) is 12.9. The Morgan fingerprint density at radius 1 is 1.33 bits per heavy atom. The van der Waals surface area contributed by atoms with Crippen molar-refractivity contribution in [2.75, 3.05) is 6.61 Å². The molecule has 2 rings (SSSR count). The van der Waals surface area contributed by atoms with Gasteiger partial charge in [-0.05, 0) is 49.0 Å². The second kappa shape index (κ2) is 5.38. The summed E-state index contributed by atoms with van der Waals surface area (Å²) in [5.41, 5.74) is 6.37. The highest BCUT2D eigenvalue weighted by atomic mass is 16.5. The fourth-order valence-corrected chi connectivity index (χ4v) is 2.50. The number of aryl methyl sites for hydroxylation is 1. The van der Waals surface area contributed by atoms with Gasteiger partial charge in [-0.25, -0.2) is 0 Å². The zero-order chi connectivity index (χ0) is 13.1. The van der Waals surface area contributed by atoms with Crippen LogP contribution < -0.4 is 0 Å². The number of carbonyl (C=O) groups is 1. The Bertz CT molecular complexity index is 498. The Morgan fingerprint density at radius 2 is 2.11 bits per heavy atom. The van der Waals surface area contributed by atoms with Gasteiger partial charge >= 0.3 is 5.97 Å². The van der Waals surface area contributed by atoms with E-state index >= 15 is 0 Å². The normalized spacial score (nSPS) is 13.7. The van der Waals surface area contributed by atoms with Crippen molar-refractivity contribution in [3.8, 4) is 0 Å². The van der Waals surface area contributed by atoms with Gasteiger partial charge in [0.2, 0.25) is 0 Å². The summed E-state index contributed by atoms with van der Waals surface area (Å²) in [6, 6.07) is 6.59. The first-order chi connectivity index (χ1) is 8.65. The Morgan fingerprint density at radius 3 is 2.78 bits per heavy atom. The summed E-state index contributed by atoms with van der Waals surface area (Å²) in [7, 11) is 0. The fourth-order valence-electron chi connectivity index (χ4n) is 2.50. The standard InChI is InChI=1S/C16H20O2/c1-4-12-6-7-13-8-11(3)14(15(13)9-12)10-16(17)18-5-2/h6-7,9H,4-5,8,10H2,1-3H3. The molecule has 2 nitrogen and oxygen atoms in total. The van der Waals surface area contributed by atoms with Crippen LogP contribution in [0.25, 0.3) is 5.57 Å². The van der Waals surface area contributed by atoms with Crippen molar-refractivity contribution in [1.29, 1.82) is 0 Å². The summed E-state index contributed by atoms with van der Waals surface area (Å²) in [5, 5.41) is 0. The molecule has 0 amide bonds. The lowest BCUT2D eigenvalue weighted by Gasteiger charge is -2.08. The van der Waals surface area contributed by atoms with Gasteiger partial charge in [0.05, 0.1) is 13.0 Å². The third-order valence-corrected chi connectivity index (χ3v) is 3.50. The minimum atomic E-state index is -0.124. The summed E-state index contributed by atoms with van der Waals surface area (Å²) in [6.07, 6.45) is 2.40. The van der Waals surface area contributed by atoms with Crippen molar-refractivity contribution in [3.05, 3.63) is 40.5 Å². The van der Waals surface area contributed by atoms with Crippen molar-refractivity contribution >= 4 is 11.5 Å². The lowest BCUT2D eigenvalue weighted by atomic mass is 9.99. The number of fused-ring (bicyclic) bond motifs is 1. The van der Waals surface area contributed by atoms with Crippen LogP contribution in [0.3, 0.4) is 0 Å². The maximum atomic E-state index is 11.7. The van der Waals surface area contributed by atoms with E-state index in [0.29, 0.717) is 13.0 Å². The van der Waals surface area contributed by atoms with E-state index in [-0.39, 0.29) is 5.97 Å². The molecule has 0 unspecified atom stereocenters. The van der Waals surface area contributed by atoms with Crippen LogP contribution in [0.15, 0.2) is 23.8 Å². The fraction of sp³-hybridized carbons (Fsp3) is 0.438. The van der Waals surface area contributed by atoms with Crippen molar-refractivity contribution in [1.82, 2.24) is 0 Å². The van der Waals surface area contributed by atoms with Gasteiger partial charge in [0.25, 0.3) is 0 Å². The Labute approximate surface area is 109 Å². The van der Waals surface area contributed by atoms with E-state index < -0.39 is 0 Å². The largest absolute Gasteiger partial charge is 0.466 e. The molecule has 2 heteroatoms. The van der Waals surface area contributed by atoms with Crippen LogP contribution in [0.5, 0.6) is 0 Å². The molecule has 1 aliphatic rings. The molecule has 0 bridgehead atoms. The summed E-state index contributed by atoms with van der Waals surface area (Å²) >= 11 is 0. The van der Waals surface area contributed by atoms with Crippen molar-refractivity contribution in [3.63, 3.8) is 0 Å². The second-order valence-electron chi connectivity index (χ2n) is 4.76. The SMILES string of the molecule is CCOC(=O)CC1=C(C)Cc2ccc(CC)cc21. The molecule has 0 fully saturated rings. The van der Waals surface area contributed by atoms with Crippen LogP contribution in [0.1, 0.15) is 43.9 Å². The summed E-state index contributed by atoms with van der Waals surface area (Å²) in [5.74, 6) is -0.124. The molecule has 0 spiro atoms. The molecule has 0 saturated carbocycles. The highest BCUT2D eigenvalue weighted by Crippen LogP contribution is 2.35. The van der Waals surface area contributed by atoms with E-state index in [1.807, 2.05) is 6.92 Å². The quantitative estimate of drug-likeness (QED) is 0.757. The van der Waals surface area contributed by atoms with E-state index in [2.05, 4.69) is 32.0 Å². The topological polar surface area (TPSA) is 26.3 Å². The van der Waals surface area contributed by atoms with Crippen LogP contribution in [-0.4, -0.2) is 12.6 Å². The number of hydrogen-bond acceptors (Lipinski definition) is 2. The zero-order valence-corrected chi connectivity index (χ0v) is 11.4. The molecule has 0 aromatic heterocycles. The first-order valence-corrected chi connectivity index (χ1v) is 6.62. The molecule has 96 valence electrons. The Kier molecular flexibility index (Phi) is 3.85. The maximum Gasteiger partial charge on any atom is 0.310 e. The van der Waals surface area contributed by atoms with E-state index in [0.717, 1.165) is 12.8 Å².